The van der Waals surface area contributed by atoms with Crippen LogP contribution in [0.25, 0.3) is 10.6 Å². The summed E-state index contributed by atoms with van der Waals surface area (Å²) in [6.07, 6.45) is 0.984. The molecule has 1 aliphatic rings. The highest BCUT2D eigenvalue weighted by atomic mass is 35.5. The second kappa shape index (κ2) is 9.97. The normalized spacial score (nSPS) is 16.1. The first-order valence-electron chi connectivity index (χ1n) is 7.89. The van der Waals surface area contributed by atoms with Gasteiger partial charge in [0.1, 0.15) is 16.5 Å². The van der Waals surface area contributed by atoms with Gasteiger partial charge in [0, 0.05) is 24.0 Å². The predicted octanol–water partition coefficient (Wildman–Crippen LogP) is 3.47. The second-order valence-corrected chi connectivity index (χ2v) is 6.49. The van der Waals surface area contributed by atoms with E-state index in [4.69, 9.17) is 10.5 Å². The van der Waals surface area contributed by atoms with Gasteiger partial charge in [0.15, 0.2) is 0 Å². The molecule has 1 atom stereocenters. The van der Waals surface area contributed by atoms with Crippen LogP contribution in [0.5, 0.6) is 5.75 Å². The van der Waals surface area contributed by atoms with E-state index in [2.05, 4.69) is 4.98 Å². The molecule has 0 bridgehead atoms. The van der Waals surface area contributed by atoms with E-state index in [1.54, 1.807) is 0 Å². The van der Waals surface area contributed by atoms with Crippen molar-refractivity contribution < 1.29 is 9.53 Å². The first kappa shape index (κ1) is 21.7. The van der Waals surface area contributed by atoms with E-state index in [-0.39, 0.29) is 30.7 Å². The number of rotatable bonds is 5. The Hall–Kier alpha value is -1.34. The Morgan fingerprint density at radius 1 is 1.36 bits per heavy atom. The van der Waals surface area contributed by atoms with Crippen molar-refractivity contribution in [3.8, 4) is 16.3 Å². The van der Waals surface area contributed by atoms with Crippen molar-refractivity contribution >= 4 is 42.1 Å². The van der Waals surface area contributed by atoms with E-state index in [1.165, 1.54) is 11.3 Å². The summed E-state index contributed by atoms with van der Waals surface area (Å²) < 4.78 is 5.44. The fourth-order valence-corrected chi connectivity index (χ4v) is 3.54. The second-order valence-electron chi connectivity index (χ2n) is 5.64. The minimum absolute atomic E-state index is 0. The molecule has 1 aromatic heterocycles. The lowest BCUT2D eigenvalue weighted by Crippen LogP contribution is -2.30. The van der Waals surface area contributed by atoms with Crippen molar-refractivity contribution in [2.24, 2.45) is 11.7 Å². The van der Waals surface area contributed by atoms with Gasteiger partial charge in [-0.25, -0.2) is 4.98 Å². The number of nitrogens with two attached hydrogens (primary N) is 1. The summed E-state index contributed by atoms with van der Waals surface area (Å²) >= 11 is 1.49. The zero-order valence-electron chi connectivity index (χ0n) is 14.0. The molecule has 1 amide bonds. The number of hydrogen-bond acceptors (Lipinski definition) is 5. The molecule has 1 fully saturated rings. The fourth-order valence-electron chi connectivity index (χ4n) is 2.74. The van der Waals surface area contributed by atoms with Gasteiger partial charge in [-0.05, 0) is 50.1 Å². The summed E-state index contributed by atoms with van der Waals surface area (Å²) in [5.74, 6) is 1.27. The summed E-state index contributed by atoms with van der Waals surface area (Å²) in [6, 6.07) is 7.79. The summed E-state index contributed by atoms with van der Waals surface area (Å²) in [6.45, 7) is 4.76. The largest absolute Gasteiger partial charge is 0.494 e. The number of aromatic nitrogens is 1. The Balaban J connectivity index is 0.00000156. The van der Waals surface area contributed by atoms with E-state index in [9.17, 15) is 4.79 Å². The van der Waals surface area contributed by atoms with Crippen LogP contribution in [0.4, 0.5) is 0 Å². The molecule has 5 nitrogen and oxygen atoms in total. The highest BCUT2D eigenvalue weighted by molar-refractivity contribution is 7.13. The molecular weight excluding hydrogens is 381 g/mol. The van der Waals surface area contributed by atoms with E-state index < -0.39 is 0 Å². The van der Waals surface area contributed by atoms with Crippen molar-refractivity contribution in [2.45, 2.75) is 13.3 Å². The SMILES string of the molecule is CCOc1ccc(-c2nc(C(=O)N3CCC(CN)C3)cs2)cc1.Cl.Cl. The molecule has 0 aliphatic carbocycles. The topological polar surface area (TPSA) is 68.5 Å². The van der Waals surface area contributed by atoms with Crippen molar-refractivity contribution in [2.75, 3.05) is 26.2 Å². The monoisotopic (exact) mass is 403 g/mol. The standard InChI is InChI=1S/C17H21N3O2S.2ClH/c1-2-22-14-5-3-13(4-6-14)16-19-15(11-23-16)17(21)20-8-7-12(9-18)10-20;;/h3-6,11-12H,2,7-10,18H2,1H3;2*1H. The van der Waals surface area contributed by atoms with Gasteiger partial charge in [-0.1, -0.05) is 0 Å². The number of ether oxygens (including phenoxy) is 1. The smallest absolute Gasteiger partial charge is 0.273 e. The minimum atomic E-state index is 0. The highest BCUT2D eigenvalue weighted by Crippen LogP contribution is 2.27. The van der Waals surface area contributed by atoms with Crippen LogP contribution >= 0.6 is 36.2 Å². The number of carbonyl (C=O) groups excluding carboxylic acids is 1. The number of amides is 1. The van der Waals surface area contributed by atoms with Gasteiger partial charge in [-0.2, -0.15) is 0 Å². The minimum Gasteiger partial charge on any atom is -0.494 e. The van der Waals surface area contributed by atoms with Gasteiger partial charge in [0.2, 0.25) is 0 Å². The third kappa shape index (κ3) is 5.07. The molecule has 1 aliphatic heterocycles. The molecule has 0 saturated carbocycles. The Morgan fingerprint density at radius 2 is 2.08 bits per heavy atom. The molecule has 8 heteroatoms. The number of halogens is 2. The molecular formula is C17H23Cl2N3O2S. The van der Waals surface area contributed by atoms with Crippen LogP contribution in [0.2, 0.25) is 0 Å². The summed E-state index contributed by atoms with van der Waals surface area (Å²) in [4.78, 5) is 18.9. The van der Waals surface area contributed by atoms with Crippen molar-refractivity contribution in [3.63, 3.8) is 0 Å². The Labute approximate surface area is 164 Å². The average Bonchev–Trinajstić information content (AvgIpc) is 3.25. The third-order valence-corrected chi connectivity index (χ3v) is 4.93. The van der Waals surface area contributed by atoms with Crippen molar-refractivity contribution in [3.05, 3.63) is 35.3 Å². The van der Waals surface area contributed by atoms with Crippen LogP contribution < -0.4 is 10.5 Å². The Morgan fingerprint density at radius 3 is 2.68 bits per heavy atom. The van der Waals surface area contributed by atoms with Gasteiger partial charge in [0.05, 0.1) is 6.61 Å². The van der Waals surface area contributed by atoms with Crippen LogP contribution in [0.1, 0.15) is 23.8 Å². The van der Waals surface area contributed by atoms with E-state index in [1.807, 2.05) is 41.5 Å². The number of carbonyl (C=O) groups is 1. The summed E-state index contributed by atoms with van der Waals surface area (Å²) in [5.41, 5.74) is 7.21. The van der Waals surface area contributed by atoms with E-state index in [0.29, 0.717) is 24.8 Å². The molecule has 2 N–H and O–H groups in total. The van der Waals surface area contributed by atoms with Gasteiger partial charge in [-0.3, -0.25) is 4.79 Å². The first-order chi connectivity index (χ1) is 11.2. The molecule has 1 saturated heterocycles. The lowest BCUT2D eigenvalue weighted by Gasteiger charge is -2.14. The van der Waals surface area contributed by atoms with Crippen LogP contribution in [-0.2, 0) is 0 Å². The number of thiazole rings is 1. The number of benzene rings is 1. The Bertz CT molecular complexity index is 679. The van der Waals surface area contributed by atoms with Crippen LogP contribution in [0.3, 0.4) is 0 Å². The van der Waals surface area contributed by atoms with E-state index in [0.717, 1.165) is 35.8 Å². The summed E-state index contributed by atoms with van der Waals surface area (Å²) in [7, 11) is 0. The maximum atomic E-state index is 12.5. The van der Waals surface area contributed by atoms with Crippen LogP contribution in [0, 0.1) is 5.92 Å². The Kier molecular flexibility index (Phi) is 8.65. The predicted molar refractivity (Wildman–Crippen MR) is 106 cm³/mol. The van der Waals surface area contributed by atoms with Gasteiger partial charge >= 0.3 is 0 Å². The molecule has 1 aromatic carbocycles. The van der Waals surface area contributed by atoms with Crippen LogP contribution in [0.15, 0.2) is 29.6 Å². The fraction of sp³-hybridized carbons (Fsp3) is 0.412. The van der Waals surface area contributed by atoms with Gasteiger partial charge in [-0.15, -0.1) is 36.2 Å². The zero-order chi connectivity index (χ0) is 16.2. The molecule has 2 heterocycles. The first-order valence-corrected chi connectivity index (χ1v) is 8.77. The molecule has 0 radical (unpaired) electrons. The molecule has 1 unspecified atom stereocenters. The van der Waals surface area contributed by atoms with Crippen molar-refractivity contribution in [1.82, 2.24) is 9.88 Å². The lowest BCUT2D eigenvalue weighted by atomic mass is 10.1. The molecule has 3 rings (SSSR count). The molecule has 25 heavy (non-hydrogen) atoms. The number of likely N-dealkylation sites (tertiary alicyclic amines) is 1. The van der Waals surface area contributed by atoms with Gasteiger partial charge in [0.25, 0.3) is 5.91 Å². The average molecular weight is 404 g/mol. The zero-order valence-corrected chi connectivity index (χ0v) is 16.5. The molecule has 138 valence electrons. The maximum Gasteiger partial charge on any atom is 0.273 e. The van der Waals surface area contributed by atoms with Crippen LogP contribution in [-0.4, -0.2) is 42.0 Å². The molecule has 2 aromatic rings. The highest BCUT2D eigenvalue weighted by Gasteiger charge is 2.27. The van der Waals surface area contributed by atoms with E-state index >= 15 is 0 Å². The quantitative estimate of drug-likeness (QED) is 0.829. The van der Waals surface area contributed by atoms with Gasteiger partial charge < -0.3 is 15.4 Å². The van der Waals surface area contributed by atoms with Crippen molar-refractivity contribution in [1.29, 1.82) is 0 Å². The lowest BCUT2D eigenvalue weighted by molar-refractivity contribution is 0.0782. The summed E-state index contributed by atoms with van der Waals surface area (Å²) in [5, 5.41) is 2.69. The molecule has 0 spiro atoms. The number of nitrogens with zero attached hydrogens (tertiary/aromatic N) is 2. The number of hydrogen-bond donors (Lipinski definition) is 1. The third-order valence-electron chi connectivity index (χ3n) is 4.04. The maximum absolute atomic E-state index is 12.5.